The fourth-order valence-electron chi connectivity index (χ4n) is 5.24. The molecule has 0 spiro atoms. The average Bonchev–Trinajstić information content (AvgIpc) is 2.99. The summed E-state index contributed by atoms with van der Waals surface area (Å²) in [7, 11) is 1.54. The molecule has 3 aromatic rings. The van der Waals surface area contributed by atoms with Gasteiger partial charge in [-0.25, -0.2) is 4.79 Å². The number of amides is 4. The number of anilines is 1. The van der Waals surface area contributed by atoms with E-state index in [1.54, 1.807) is 55.6 Å². The number of carboxylic acid groups (broad SMARTS) is 1. The molecule has 1 heterocycles. The van der Waals surface area contributed by atoms with Crippen LogP contribution in [-0.2, 0) is 15.0 Å². The van der Waals surface area contributed by atoms with E-state index >= 15 is 0 Å². The van der Waals surface area contributed by atoms with Gasteiger partial charge in [0.2, 0.25) is 0 Å². The van der Waals surface area contributed by atoms with Gasteiger partial charge in [0.15, 0.2) is 6.17 Å². The predicted octanol–water partition coefficient (Wildman–Crippen LogP) is 5.34. The van der Waals surface area contributed by atoms with Gasteiger partial charge in [-0.3, -0.25) is 19.3 Å². The monoisotopic (exact) mass is 600 g/mol. The molecule has 3 N–H and O–H groups in total. The Morgan fingerprint density at radius 3 is 2.20 bits per heavy atom. The van der Waals surface area contributed by atoms with E-state index in [9.17, 15) is 24.3 Å². The number of methoxy groups -OCH3 is 1. The highest BCUT2D eigenvalue weighted by molar-refractivity contribution is 6.00. The minimum absolute atomic E-state index is 0.111. The summed E-state index contributed by atoms with van der Waals surface area (Å²) in [5, 5.41) is 15.3. The first-order valence-electron chi connectivity index (χ1n) is 14.6. The smallest absolute Gasteiger partial charge is 0.323 e. The molecule has 0 saturated carbocycles. The van der Waals surface area contributed by atoms with Crippen molar-refractivity contribution in [2.75, 3.05) is 25.5 Å². The molecule has 3 aromatic carbocycles. The minimum atomic E-state index is -1.32. The molecule has 0 aromatic heterocycles. The Hall–Kier alpha value is -4.86. The van der Waals surface area contributed by atoms with Crippen LogP contribution in [0.15, 0.2) is 72.8 Å². The number of ether oxygens (including phenoxy) is 1. The summed E-state index contributed by atoms with van der Waals surface area (Å²) in [6.45, 7) is 8.56. The molecule has 4 amide bonds. The highest BCUT2D eigenvalue weighted by Crippen LogP contribution is 2.26. The molecule has 0 aliphatic carbocycles. The van der Waals surface area contributed by atoms with Crippen molar-refractivity contribution in [1.82, 2.24) is 15.1 Å². The third kappa shape index (κ3) is 7.75. The average molecular weight is 601 g/mol. The third-order valence-corrected chi connectivity index (χ3v) is 7.62. The third-order valence-electron chi connectivity index (χ3n) is 7.62. The minimum Gasteiger partial charge on any atom is -0.497 e. The molecular formula is C34H40N4O6. The molecule has 0 bridgehead atoms. The van der Waals surface area contributed by atoms with E-state index in [0.717, 1.165) is 11.1 Å². The molecule has 1 aliphatic heterocycles. The second kappa shape index (κ2) is 13.6. The lowest BCUT2D eigenvalue weighted by Crippen LogP contribution is -2.64. The summed E-state index contributed by atoms with van der Waals surface area (Å²) < 4.78 is 5.19. The number of carbonyl (C=O) groups is 4. The van der Waals surface area contributed by atoms with Gasteiger partial charge in [0.25, 0.3) is 11.8 Å². The quantitative estimate of drug-likeness (QED) is 0.320. The molecule has 4 rings (SSSR count). The number of nitrogens with zero attached hydrogens (tertiary/aromatic N) is 2. The summed E-state index contributed by atoms with van der Waals surface area (Å²) >= 11 is 0. The van der Waals surface area contributed by atoms with Gasteiger partial charge in [-0.15, -0.1) is 0 Å². The summed E-state index contributed by atoms with van der Waals surface area (Å²) in [5.41, 5.74) is 3.33. The van der Waals surface area contributed by atoms with Gasteiger partial charge in [-0.2, -0.15) is 0 Å². The van der Waals surface area contributed by atoms with Gasteiger partial charge < -0.3 is 25.4 Å². The Morgan fingerprint density at radius 2 is 1.61 bits per heavy atom. The van der Waals surface area contributed by atoms with Crippen molar-refractivity contribution >= 4 is 29.5 Å². The Kier molecular flexibility index (Phi) is 9.93. The first-order chi connectivity index (χ1) is 20.9. The number of hydrogen-bond donors (Lipinski definition) is 3. The molecule has 1 aliphatic rings. The summed E-state index contributed by atoms with van der Waals surface area (Å²) in [4.78, 5) is 56.2. The van der Waals surface area contributed by atoms with E-state index in [1.165, 1.54) is 9.80 Å². The molecule has 10 nitrogen and oxygen atoms in total. The maximum atomic E-state index is 14.1. The molecule has 1 saturated heterocycles. The number of hydrogen-bond acceptors (Lipinski definition) is 5. The largest absolute Gasteiger partial charge is 0.497 e. The number of carbonyl (C=O) groups excluding carboxylic acids is 3. The summed E-state index contributed by atoms with van der Waals surface area (Å²) in [5.74, 6) is -1.53. The lowest BCUT2D eigenvalue weighted by Gasteiger charge is -2.43. The first kappa shape index (κ1) is 32.1. The fourth-order valence-corrected chi connectivity index (χ4v) is 5.24. The molecule has 44 heavy (non-hydrogen) atoms. The van der Waals surface area contributed by atoms with Crippen molar-refractivity contribution in [2.24, 2.45) is 0 Å². The van der Waals surface area contributed by atoms with Gasteiger partial charge in [0.1, 0.15) is 5.75 Å². The van der Waals surface area contributed by atoms with E-state index in [-0.39, 0.29) is 24.9 Å². The zero-order valence-electron chi connectivity index (χ0n) is 25.8. The number of benzene rings is 3. The van der Waals surface area contributed by atoms with Crippen LogP contribution in [0.5, 0.6) is 5.75 Å². The van der Waals surface area contributed by atoms with E-state index < -0.39 is 36.0 Å². The highest BCUT2D eigenvalue weighted by atomic mass is 16.5. The molecule has 0 radical (unpaired) electrons. The van der Waals surface area contributed by atoms with Crippen LogP contribution in [0.2, 0.25) is 0 Å². The van der Waals surface area contributed by atoms with Gasteiger partial charge >= 0.3 is 12.0 Å². The maximum absolute atomic E-state index is 14.1. The number of carboxylic acids is 1. The van der Waals surface area contributed by atoms with E-state index in [1.807, 2.05) is 31.2 Å². The number of aryl methyl sites for hydroxylation is 1. The van der Waals surface area contributed by atoms with Crippen molar-refractivity contribution in [3.8, 4) is 5.75 Å². The maximum Gasteiger partial charge on any atom is 0.323 e. The zero-order valence-corrected chi connectivity index (χ0v) is 25.8. The second-order valence-electron chi connectivity index (χ2n) is 12.0. The van der Waals surface area contributed by atoms with E-state index in [2.05, 4.69) is 31.4 Å². The Labute approximate surface area is 258 Å². The lowest BCUT2D eigenvalue weighted by molar-refractivity contribution is -0.138. The molecule has 232 valence electrons. The molecule has 10 heteroatoms. The first-order valence-corrected chi connectivity index (χ1v) is 14.6. The van der Waals surface area contributed by atoms with Crippen LogP contribution >= 0.6 is 0 Å². The topological polar surface area (TPSA) is 128 Å². The standard InChI is InChI=1S/C34H40N4O6/c1-22-8-6-9-24(20-22)28(21-29(39)40)36-30(41)31-37(32(42)23-10-12-25(13-11-23)34(2,3)4)18-7-19-38(31)33(43)35-26-14-16-27(44-5)17-15-26/h6,8-17,20,28,31H,7,18-19,21H2,1-5H3,(H,35,43)(H,36,41)(H,39,40). The molecule has 1 fully saturated rings. The number of aliphatic carboxylic acids is 1. The van der Waals surface area contributed by atoms with Crippen LogP contribution in [0.3, 0.4) is 0 Å². The highest BCUT2D eigenvalue weighted by Gasteiger charge is 2.41. The summed E-state index contributed by atoms with van der Waals surface area (Å²) in [6.07, 6.45) is -1.25. The van der Waals surface area contributed by atoms with Gasteiger partial charge in [0, 0.05) is 24.3 Å². The lowest BCUT2D eigenvalue weighted by atomic mass is 9.86. The van der Waals surface area contributed by atoms with Crippen LogP contribution in [0, 0.1) is 6.92 Å². The van der Waals surface area contributed by atoms with Crippen LogP contribution < -0.4 is 15.4 Å². The number of rotatable bonds is 8. The van der Waals surface area contributed by atoms with Gasteiger partial charge in [-0.1, -0.05) is 62.7 Å². The molecule has 2 atom stereocenters. The van der Waals surface area contributed by atoms with Crippen molar-refractivity contribution in [2.45, 2.75) is 58.2 Å². The van der Waals surface area contributed by atoms with Crippen molar-refractivity contribution in [3.05, 3.63) is 95.1 Å². The van der Waals surface area contributed by atoms with E-state index in [4.69, 9.17) is 4.74 Å². The second-order valence-corrected chi connectivity index (χ2v) is 12.0. The number of urea groups is 1. The van der Waals surface area contributed by atoms with Crippen molar-refractivity contribution in [1.29, 1.82) is 0 Å². The number of nitrogens with one attached hydrogen (secondary N) is 2. The predicted molar refractivity (Wildman–Crippen MR) is 168 cm³/mol. The van der Waals surface area contributed by atoms with Crippen LogP contribution in [0.4, 0.5) is 10.5 Å². The zero-order chi connectivity index (χ0) is 32.0. The van der Waals surface area contributed by atoms with Crippen LogP contribution in [0.25, 0.3) is 0 Å². The van der Waals surface area contributed by atoms with Crippen molar-refractivity contribution in [3.63, 3.8) is 0 Å². The SMILES string of the molecule is COc1ccc(NC(=O)N2CCCN(C(=O)c3ccc(C(C)(C)C)cc3)C2C(=O)NC(CC(=O)O)c2cccc(C)c2)cc1. The normalized spacial score (nSPS) is 15.7. The van der Waals surface area contributed by atoms with E-state index in [0.29, 0.717) is 29.0 Å². The summed E-state index contributed by atoms with van der Waals surface area (Å²) in [6, 6.07) is 19.8. The van der Waals surface area contributed by atoms with Gasteiger partial charge in [0.05, 0.1) is 19.6 Å². The Bertz CT molecular complexity index is 1500. The van der Waals surface area contributed by atoms with Crippen LogP contribution in [-0.4, -0.2) is 65.1 Å². The Balaban J connectivity index is 1.68. The fraction of sp³-hybridized carbons (Fsp3) is 0.353. The molecule has 2 unspecified atom stereocenters. The van der Waals surface area contributed by atoms with Crippen LogP contribution in [0.1, 0.15) is 66.7 Å². The van der Waals surface area contributed by atoms with Gasteiger partial charge in [-0.05, 0) is 66.3 Å². The Morgan fingerprint density at radius 1 is 0.955 bits per heavy atom. The molecular weight excluding hydrogens is 560 g/mol. The van der Waals surface area contributed by atoms with Crippen molar-refractivity contribution < 1.29 is 29.0 Å².